The quantitative estimate of drug-likeness (QED) is 0.564. The number of rotatable bonds is 4. The molecular formula is C19H36O3Sn. The van der Waals surface area contributed by atoms with Gasteiger partial charge in [-0.2, -0.15) is 0 Å². The number of benzene rings is 1. The Bertz CT molecular complexity index is 326. The molecule has 1 aromatic rings. The number of hydrogen-bond acceptors (Lipinski definition) is 2. The van der Waals surface area contributed by atoms with E-state index in [1.165, 1.54) is 50.7 Å². The molecule has 2 N–H and O–H groups in total. The van der Waals surface area contributed by atoms with Crippen LogP contribution in [0.2, 0.25) is 0 Å². The number of phenols is 1. The molecule has 0 atom stereocenters. The van der Waals surface area contributed by atoms with Crippen molar-refractivity contribution in [2.24, 2.45) is 0 Å². The van der Waals surface area contributed by atoms with E-state index in [0.29, 0.717) is 0 Å². The second-order valence-electron chi connectivity index (χ2n) is 4.82. The number of aromatic hydroxyl groups is 1. The summed E-state index contributed by atoms with van der Waals surface area (Å²) in [6, 6.07) is 5.81. The number of aromatic carboxylic acids is 1. The van der Waals surface area contributed by atoms with E-state index in [0.717, 1.165) is 0 Å². The van der Waals surface area contributed by atoms with Crippen molar-refractivity contribution in [3.63, 3.8) is 0 Å². The summed E-state index contributed by atoms with van der Waals surface area (Å²) in [6.45, 7) is 13.1. The Morgan fingerprint density at radius 2 is 1.09 bits per heavy atom. The summed E-state index contributed by atoms with van der Waals surface area (Å²) in [5.41, 5.74) is -0.0671. The first-order valence-electron chi connectivity index (χ1n) is 8.47. The van der Waals surface area contributed by atoms with Gasteiger partial charge in [0, 0.05) is 23.9 Å². The Kier molecular flexibility index (Phi) is 34.4. The van der Waals surface area contributed by atoms with Crippen LogP contribution < -0.4 is 0 Å². The largest absolute Gasteiger partial charge is 0.507 e. The molecule has 0 saturated carbocycles. The standard InChI is InChI=1S/C7H6O3.3C4H10.Sn/c8-6-4-2-1-3-5(6)7(9)10;3*1-3-4-2;/h1-4,8H,(H,9,10);3*3-4H2,1-2H3;. The molecule has 0 bridgehead atoms. The molecule has 0 aromatic heterocycles. The van der Waals surface area contributed by atoms with Crippen LogP contribution in [0.5, 0.6) is 5.75 Å². The molecule has 4 radical (unpaired) electrons. The minimum Gasteiger partial charge on any atom is -0.507 e. The molecule has 3 nitrogen and oxygen atoms in total. The summed E-state index contributed by atoms with van der Waals surface area (Å²) in [7, 11) is 0. The molecule has 0 heterocycles. The molecule has 134 valence electrons. The Morgan fingerprint density at radius 3 is 1.26 bits per heavy atom. The second-order valence-corrected chi connectivity index (χ2v) is 4.82. The number of hydrogen-bond donors (Lipinski definition) is 2. The van der Waals surface area contributed by atoms with Crippen LogP contribution in [-0.4, -0.2) is 40.1 Å². The maximum atomic E-state index is 10.3. The van der Waals surface area contributed by atoms with E-state index in [-0.39, 0.29) is 35.2 Å². The van der Waals surface area contributed by atoms with Crippen molar-refractivity contribution in [3.8, 4) is 5.75 Å². The molecule has 0 aliphatic heterocycles. The molecule has 23 heavy (non-hydrogen) atoms. The van der Waals surface area contributed by atoms with Gasteiger partial charge in [-0.1, -0.05) is 92.2 Å². The summed E-state index contributed by atoms with van der Waals surface area (Å²) in [4.78, 5) is 10.3. The zero-order chi connectivity index (χ0) is 17.8. The third-order valence-corrected chi connectivity index (χ3v) is 2.63. The van der Waals surface area contributed by atoms with Crippen LogP contribution in [0.15, 0.2) is 24.3 Å². The van der Waals surface area contributed by atoms with Crippen LogP contribution in [0.3, 0.4) is 0 Å². The fourth-order valence-electron chi connectivity index (χ4n) is 0.654. The smallest absolute Gasteiger partial charge is 0.339 e. The minimum absolute atomic E-state index is 0. The van der Waals surface area contributed by atoms with Crippen molar-refractivity contribution >= 4 is 29.9 Å². The van der Waals surface area contributed by atoms with Gasteiger partial charge in [-0.25, -0.2) is 4.79 Å². The zero-order valence-electron chi connectivity index (χ0n) is 15.9. The third-order valence-electron chi connectivity index (χ3n) is 2.63. The van der Waals surface area contributed by atoms with Gasteiger partial charge in [0.15, 0.2) is 0 Å². The van der Waals surface area contributed by atoms with Crippen LogP contribution >= 0.6 is 0 Å². The number of carboxylic acids is 1. The van der Waals surface area contributed by atoms with Crippen molar-refractivity contribution in [2.75, 3.05) is 0 Å². The van der Waals surface area contributed by atoms with E-state index >= 15 is 0 Å². The molecule has 0 aliphatic carbocycles. The summed E-state index contributed by atoms with van der Waals surface area (Å²) in [5.74, 6) is -1.31. The average molecular weight is 431 g/mol. The number of unbranched alkanes of at least 4 members (excludes halogenated alkanes) is 3. The van der Waals surface area contributed by atoms with Crippen molar-refractivity contribution in [3.05, 3.63) is 29.8 Å². The van der Waals surface area contributed by atoms with Crippen LogP contribution in [-0.2, 0) is 0 Å². The van der Waals surface area contributed by atoms with Crippen molar-refractivity contribution in [2.45, 2.75) is 80.1 Å². The monoisotopic (exact) mass is 432 g/mol. The molecule has 4 heteroatoms. The molecule has 0 aliphatic rings. The molecule has 0 amide bonds. The van der Waals surface area contributed by atoms with E-state index in [2.05, 4.69) is 41.5 Å². The molecule has 0 fully saturated rings. The van der Waals surface area contributed by atoms with Crippen molar-refractivity contribution in [1.82, 2.24) is 0 Å². The Balaban J connectivity index is -0.000000118. The third kappa shape index (κ3) is 26.5. The van der Waals surface area contributed by atoms with Crippen LogP contribution in [0.25, 0.3) is 0 Å². The topological polar surface area (TPSA) is 57.5 Å². The normalized spacial score (nSPS) is 7.91. The summed E-state index contributed by atoms with van der Waals surface area (Å²) >= 11 is 0. The van der Waals surface area contributed by atoms with Crippen LogP contribution in [0.4, 0.5) is 0 Å². The maximum absolute atomic E-state index is 10.3. The molecule has 0 spiro atoms. The average Bonchev–Trinajstić information content (AvgIpc) is 2.55. The van der Waals surface area contributed by atoms with Crippen molar-refractivity contribution in [1.29, 1.82) is 0 Å². The summed E-state index contributed by atoms with van der Waals surface area (Å²) < 4.78 is 0. The molecule has 0 unspecified atom stereocenters. The number of carboxylic acid groups (broad SMARTS) is 1. The predicted molar refractivity (Wildman–Crippen MR) is 103 cm³/mol. The maximum Gasteiger partial charge on any atom is 0.339 e. The Hall–Kier alpha value is -0.711. The predicted octanol–water partition coefficient (Wildman–Crippen LogP) is 6.13. The second kappa shape index (κ2) is 26.2. The Morgan fingerprint density at radius 1 is 0.783 bits per heavy atom. The molecular weight excluding hydrogens is 395 g/mol. The van der Waals surface area contributed by atoms with Crippen molar-refractivity contribution < 1.29 is 15.0 Å². The van der Waals surface area contributed by atoms with Gasteiger partial charge in [-0.15, -0.1) is 0 Å². The first kappa shape index (κ1) is 30.2. The van der Waals surface area contributed by atoms with E-state index in [1.807, 2.05) is 0 Å². The minimum atomic E-state index is -1.11. The Labute approximate surface area is 160 Å². The van der Waals surface area contributed by atoms with Gasteiger partial charge in [0.25, 0.3) is 0 Å². The van der Waals surface area contributed by atoms with Crippen LogP contribution in [0.1, 0.15) is 90.4 Å². The van der Waals surface area contributed by atoms with Gasteiger partial charge in [-0.05, 0) is 12.1 Å². The van der Waals surface area contributed by atoms with E-state index in [4.69, 9.17) is 10.2 Å². The first-order chi connectivity index (χ1) is 10.5. The van der Waals surface area contributed by atoms with Gasteiger partial charge in [0.1, 0.15) is 11.3 Å². The van der Waals surface area contributed by atoms with Crippen LogP contribution in [0, 0.1) is 0 Å². The first-order valence-corrected chi connectivity index (χ1v) is 8.47. The van der Waals surface area contributed by atoms with Gasteiger partial charge >= 0.3 is 5.97 Å². The van der Waals surface area contributed by atoms with Gasteiger partial charge in [-0.3, -0.25) is 0 Å². The fourth-order valence-corrected chi connectivity index (χ4v) is 0.654. The number of carbonyl (C=O) groups is 1. The van der Waals surface area contributed by atoms with Gasteiger partial charge < -0.3 is 10.2 Å². The zero-order valence-corrected chi connectivity index (χ0v) is 18.7. The van der Waals surface area contributed by atoms with E-state index in [1.54, 1.807) is 12.1 Å². The number of para-hydroxylation sites is 1. The van der Waals surface area contributed by atoms with Gasteiger partial charge in [0.2, 0.25) is 0 Å². The molecule has 1 aromatic carbocycles. The summed E-state index contributed by atoms with van der Waals surface area (Å²) in [6.07, 6.45) is 7.92. The van der Waals surface area contributed by atoms with E-state index < -0.39 is 5.97 Å². The molecule has 0 saturated heterocycles. The summed E-state index contributed by atoms with van der Waals surface area (Å²) in [5, 5.41) is 17.3. The van der Waals surface area contributed by atoms with E-state index in [9.17, 15) is 4.79 Å². The molecule has 1 rings (SSSR count). The van der Waals surface area contributed by atoms with Gasteiger partial charge in [0.05, 0.1) is 0 Å². The fraction of sp³-hybridized carbons (Fsp3) is 0.632. The SMILES string of the molecule is CCCC.CCCC.CCCC.O=C(O)c1ccccc1O.[Sn].